The topological polar surface area (TPSA) is 99.1 Å². The third-order valence-electron chi connectivity index (χ3n) is 7.37. The third kappa shape index (κ3) is 6.28. The Bertz CT molecular complexity index is 1310. The lowest BCUT2D eigenvalue weighted by Crippen LogP contribution is -2.52. The maximum Gasteiger partial charge on any atom is 0.391 e. The summed E-state index contributed by atoms with van der Waals surface area (Å²) in [5, 5.41) is 11.8. The average Bonchev–Trinajstić information content (AvgIpc) is 3.15. The van der Waals surface area contributed by atoms with Crippen molar-refractivity contribution < 1.29 is 32.7 Å². The van der Waals surface area contributed by atoms with E-state index in [1.807, 2.05) is 6.92 Å². The van der Waals surface area contributed by atoms with Gasteiger partial charge < -0.3 is 15.3 Å². The van der Waals surface area contributed by atoms with Gasteiger partial charge in [-0.1, -0.05) is 42.3 Å². The zero-order chi connectivity index (χ0) is 29.2. The lowest BCUT2D eigenvalue weighted by molar-refractivity contribution is -0.195. The fourth-order valence-electron chi connectivity index (χ4n) is 5.56. The molecule has 1 saturated carbocycles. The second-order valence-corrected chi connectivity index (χ2v) is 10.9. The number of carboxylic acid groups (broad SMARTS) is 1. The van der Waals surface area contributed by atoms with Crippen molar-refractivity contribution >= 4 is 46.7 Å². The standard InChI is InChI=1S/C28H28Cl2F3N3O4/c1-2-22(16-5-7-17(8-6-16)25(39)34-11-9-23(37)38)36-26(40)24(18-12-20(29)14-21(30)13-18)35-27(36)10-3-4-19(15-27)28(31,32)33/h5-8,12-14,19,22H,2-4,9-11,15H2,1H3,(H,34,39)(H,37,38). The van der Waals surface area contributed by atoms with Crippen LogP contribution in [0, 0.1) is 5.92 Å². The zero-order valence-electron chi connectivity index (χ0n) is 21.6. The highest BCUT2D eigenvalue weighted by molar-refractivity contribution is 6.47. The number of carbonyl (C=O) groups is 3. The molecule has 1 aliphatic heterocycles. The molecule has 3 unspecified atom stereocenters. The number of rotatable bonds is 8. The molecule has 2 aromatic rings. The van der Waals surface area contributed by atoms with Crippen LogP contribution in [0.5, 0.6) is 0 Å². The van der Waals surface area contributed by atoms with E-state index in [2.05, 4.69) is 5.32 Å². The molecule has 1 heterocycles. The molecule has 1 fully saturated rings. The number of alkyl halides is 3. The first kappa shape index (κ1) is 29.9. The Hall–Kier alpha value is -3.11. The van der Waals surface area contributed by atoms with Crippen LogP contribution in [0.15, 0.2) is 47.5 Å². The summed E-state index contributed by atoms with van der Waals surface area (Å²) in [5.74, 6) is -3.62. The molecule has 1 spiro atoms. The molecular weight excluding hydrogens is 570 g/mol. The number of hydrogen-bond donors (Lipinski definition) is 2. The van der Waals surface area contributed by atoms with Gasteiger partial charge in [0.05, 0.1) is 18.4 Å². The minimum atomic E-state index is -4.43. The van der Waals surface area contributed by atoms with Gasteiger partial charge in [-0.3, -0.25) is 19.4 Å². The van der Waals surface area contributed by atoms with Crippen LogP contribution in [0.1, 0.15) is 73.0 Å². The van der Waals surface area contributed by atoms with E-state index in [4.69, 9.17) is 33.3 Å². The minimum Gasteiger partial charge on any atom is -0.481 e. The van der Waals surface area contributed by atoms with Crippen molar-refractivity contribution in [3.63, 3.8) is 0 Å². The van der Waals surface area contributed by atoms with Gasteiger partial charge in [0.2, 0.25) is 0 Å². The van der Waals surface area contributed by atoms with E-state index in [9.17, 15) is 27.6 Å². The number of nitrogens with zero attached hydrogens (tertiary/aromatic N) is 2. The van der Waals surface area contributed by atoms with Crippen LogP contribution in [-0.4, -0.2) is 51.9 Å². The van der Waals surface area contributed by atoms with Crippen molar-refractivity contribution in [2.24, 2.45) is 10.9 Å². The molecule has 1 aliphatic carbocycles. The van der Waals surface area contributed by atoms with E-state index >= 15 is 0 Å². The molecule has 40 heavy (non-hydrogen) atoms. The van der Waals surface area contributed by atoms with Gasteiger partial charge in [0, 0.05) is 34.1 Å². The van der Waals surface area contributed by atoms with Crippen molar-refractivity contribution in [2.45, 2.75) is 63.3 Å². The number of amides is 2. The number of nitrogens with one attached hydrogen (secondary N) is 1. The van der Waals surface area contributed by atoms with Gasteiger partial charge in [-0.05, 0) is 61.6 Å². The molecule has 2 aromatic carbocycles. The maximum atomic E-state index is 14.0. The Balaban J connectivity index is 1.71. The lowest BCUT2D eigenvalue weighted by atomic mass is 9.79. The summed E-state index contributed by atoms with van der Waals surface area (Å²) in [6.45, 7) is 1.79. The first-order valence-electron chi connectivity index (χ1n) is 12.9. The van der Waals surface area contributed by atoms with Gasteiger partial charge >= 0.3 is 12.1 Å². The Morgan fingerprint density at radius 3 is 2.40 bits per heavy atom. The highest BCUT2D eigenvalue weighted by Gasteiger charge is 2.56. The van der Waals surface area contributed by atoms with Gasteiger partial charge in [0.25, 0.3) is 11.8 Å². The molecule has 7 nitrogen and oxygen atoms in total. The summed E-state index contributed by atoms with van der Waals surface area (Å²) in [6, 6.07) is 10.3. The molecule has 2 aliphatic rings. The number of benzene rings is 2. The van der Waals surface area contributed by atoms with Gasteiger partial charge in [0.15, 0.2) is 0 Å². The van der Waals surface area contributed by atoms with E-state index < -0.39 is 41.6 Å². The van der Waals surface area contributed by atoms with Gasteiger partial charge in [-0.2, -0.15) is 13.2 Å². The average molecular weight is 598 g/mol. The monoisotopic (exact) mass is 597 g/mol. The van der Waals surface area contributed by atoms with Gasteiger partial charge in [0.1, 0.15) is 11.4 Å². The maximum absolute atomic E-state index is 14.0. The Morgan fingerprint density at radius 1 is 1.18 bits per heavy atom. The van der Waals surface area contributed by atoms with Gasteiger partial charge in [-0.15, -0.1) is 0 Å². The zero-order valence-corrected chi connectivity index (χ0v) is 23.1. The Morgan fingerprint density at radius 2 is 1.82 bits per heavy atom. The highest BCUT2D eigenvalue weighted by atomic mass is 35.5. The summed E-state index contributed by atoms with van der Waals surface area (Å²) >= 11 is 12.3. The lowest BCUT2D eigenvalue weighted by Gasteiger charge is -2.46. The normalized spacial score (nSPS) is 21.9. The molecule has 0 saturated heterocycles. The number of carbonyl (C=O) groups excluding carboxylic acids is 2. The fourth-order valence-corrected chi connectivity index (χ4v) is 6.09. The number of hydrogen-bond acceptors (Lipinski definition) is 4. The number of aliphatic imine (C=N–C) groups is 1. The van der Waals surface area contributed by atoms with Crippen molar-refractivity contribution in [3.8, 4) is 0 Å². The van der Waals surface area contributed by atoms with E-state index in [1.54, 1.807) is 24.3 Å². The van der Waals surface area contributed by atoms with Crippen LogP contribution in [-0.2, 0) is 9.59 Å². The number of aliphatic carboxylic acids is 1. The summed E-state index contributed by atoms with van der Waals surface area (Å²) < 4.78 is 41.8. The van der Waals surface area contributed by atoms with E-state index in [0.29, 0.717) is 17.5 Å². The second-order valence-electron chi connectivity index (χ2n) is 10.1. The third-order valence-corrected chi connectivity index (χ3v) is 7.81. The van der Waals surface area contributed by atoms with Crippen LogP contribution in [0.25, 0.3) is 0 Å². The molecule has 214 valence electrons. The van der Waals surface area contributed by atoms with Crippen LogP contribution in [0.4, 0.5) is 13.2 Å². The molecular formula is C28H28Cl2F3N3O4. The van der Waals surface area contributed by atoms with Crippen LogP contribution < -0.4 is 5.32 Å². The molecule has 3 atom stereocenters. The van der Waals surface area contributed by atoms with Crippen LogP contribution in [0.2, 0.25) is 10.0 Å². The number of carboxylic acids is 1. The summed E-state index contributed by atoms with van der Waals surface area (Å²) in [5.41, 5.74) is -0.145. The van der Waals surface area contributed by atoms with Crippen molar-refractivity contribution in [1.82, 2.24) is 10.2 Å². The summed E-state index contributed by atoms with van der Waals surface area (Å²) in [7, 11) is 0. The number of halogens is 5. The SMILES string of the molecule is CCC(c1ccc(C(=O)NCCC(=O)O)cc1)N1C(=O)C(c2cc(Cl)cc(Cl)c2)=NC12CCCC(C(F)(F)F)C2. The smallest absolute Gasteiger partial charge is 0.391 e. The largest absolute Gasteiger partial charge is 0.481 e. The second kappa shape index (κ2) is 11.8. The quantitative estimate of drug-likeness (QED) is 0.366. The van der Waals surface area contributed by atoms with Crippen LogP contribution >= 0.6 is 23.2 Å². The van der Waals surface area contributed by atoms with Crippen molar-refractivity contribution in [3.05, 3.63) is 69.2 Å². The molecule has 2 N–H and O–H groups in total. The van der Waals surface area contributed by atoms with E-state index in [-0.39, 0.29) is 60.0 Å². The van der Waals surface area contributed by atoms with Gasteiger partial charge in [-0.25, -0.2) is 0 Å². The summed E-state index contributed by atoms with van der Waals surface area (Å²) in [6.07, 6.45) is -4.16. The molecule has 2 amide bonds. The molecule has 0 aromatic heterocycles. The van der Waals surface area contributed by atoms with Crippen LogP contribution in [0.3, 0.4) is 0 Å². The first-order valence-corrected chi connectivity index (χ1v) is 13.7. The molecule has 4 rings (SSSR count). The molecule has 12 heteroatoms. The molecule has 0 radical (unpaired) electrons. The molecule has 0 bridgehead atoms. The van der Waals surface area contributed by atoms with E-state index in [0.717, 1.165) is 0 Å². The predicted octanol–water partition coefficient (Wildman–Crippen LogP) is 6.43. The summed E-state index contributed by atoms with van der Waals surface area (Å²) in [4.78, 5) is 43.3. The Kier molecular flexibility index (Phi) is 8.80. The predicted molar refractivity (Wildman–Crippen MR) is 145 cm³/mol. The van der Waals surface area contributed by atoms with Crippen molar-refractivity contribution in [1.29, 1.82) is 0 Å². The van der Waals surface area contributed by atoms with E-state index in [1.165, 1.54) is 23.1 Å². The Labute approximate surface area is 239 Å². The fraction of sp³-hybridized carbons (Fsp3) is 0.429. The highest BCUT2D eigenvalue weighted by Crippen LogP contribution is 2.50. The van der Waals surface area contributed by atoms with Crippen molar-refractivity contribution in [2.75, 3.05) is 6.54 Å². The first-order chi connectivity index (χ1) is 18.8. The minimum absolute atomic E-state index is 0.0140.